The lowest BCUT2D eigenvalue weighted by Gasteiger charge is -2.19. The van der Waals surface area contributed by atoms with Gasteiger partial charge in [0.1, 0.15) is 48.2 Å². The minimum absolute atomic E-state index is 0. The van der Waals surface area contributed by atoms with Gasteiger partial charge >= 0.3 is 21.2 Å². The minimum Gasteiger partial charge on any atom is -0.501 e. The van der Waals surface area contributed by atoms with Crippen LogP contribution in [0.25, 0.3) is 19.4 Å². The number of pyridine rings is 3. The Hall–Kier alpha value is -10.1. The van der Waals surface area contributed by atoms with E-state index in [1.807, 2.05) is 50.1 Å². The van der Waals surface area contributed by atoms with Crippen LogP contribution in [0.3, 0.4) is 0 Å². The van der Waals surface area contributed by atoms with Crippen LogP contribution in [0.15, 0.2) is 127 Å². The first kappa shape index (κ1) is 68.7. The zero-order valence-electron chi connectivity index (χ0n) is 53.1. The SMILES string of the molecule is O.[B]c1ccc(Oc2ccc([N+]#[C-])c(N3CCCC3)n2)cc1CO.[C-]#[N+]c1ccc(Oc2ccc3c(c2)COB3C)nc1OCC.[C-]#[N+]c1ccc(Oc2ccc3c(c2)COB3O)cc1OC1CCCC1.[C-]#[N+]c1ccc(Oc2ccc3c(c2)COB3O)nc1OC1CCCC1. The summed E-state index contributed by atoms with van der Waals surface area (Å²) < 4.78 is 56.5. The lowest BCUT2D eigenvalue weighted by atomic mass is 9.64. The zero-order chi connectivity index (χ0) is 66.2. The summed E-state index contributed by atoms with van der Waals surface area (Å²) in [5, 5.41) is 28.6. The van der Waals surface area contributed by atoms with Gasteiger partial charge in [0, 0.05) is 19.2 Å². The number of aliphatic hydroxyl groups is 1. The Labute approximate surface area is 560 Å². The number of anilines is 1. The molecule has 0 amide bonds. The molecule has 3 fully saturated rings. The highest BCUT2D eigenvalue weighted by atomic mass is 16.5. The van der Waals surface area contributed by atoms with Gasteiger partial charge in [-0.25, -0.2) is 24.4 Å². The summed E-state index contributed by atoms with van der Waals surface area (Å²) in [6, 6.07) is 37.2. The molecule has 2 saturated carbocycles. The van der Waals surface area contributed by atoms with Crippen molar-refractivity contribution in [3.05, 3.63) is 195 Å². The quantitative estimate of drug-likeness (QED) is 0.0601. The fourth-order valence-electron chi connectivity index (χ4n) is 11.6. The van der Waals surface area contributed by atoms with E-state index in [0.717, 1.165) is 92.1 Å². The van der Waals surface area contributed by atoms with Gasteiger partial charge in [-0.15, -0.1) is 0 Å². The average Bonchev–Trinajstić information content (AvgIpc) is 1.64. The Kier molecular flexibility index (Phi) is 23.5. The molecule has 3 aromatic heterocycles. The van der Waals surface area contributed by atoms with Gasteiger partial charge in [0.25, 0.3) is 0 Å². The summed E-state index contributed by atoms with van der Waals surface area (Å²) >= 11 is 0. The van der Waals surface area contributed by atoms with E-state index in [1.165, 1.54) is 18.3 Å². The zero-order valence-corrected chi connectivity index (χ0v) is 53.1. The minimum atomic E-state index is -0.869. The molecule has 26 heteroatoms. The van der Waals surface area contributed by atoms with Crippen molar-refractivity contribution in [3.63, 3.8) is 0 Å². The van der Waals surface area contributed by atoms with Crippen LogP contribution in [-0.4, -0.2) is 96.5 Å². The predicted molar refractivity (Wildman–Crippen MR) is 364 cm³/mol. The van der Waals surface area contributed by atoms with E-state index >= 15 is 0 Å². The summed E-state index contributed by atoms with van der Waals surface area (Å²) in [4.78, 5) is 29.2. The molecule has 7 heterocycles. The molecule has 5 aromatic carbocycles. The molecule has 0 spiro atoms. The molecule has 14 rings (SSSR count). The van der Waals surface area contributed by atoms with Crippen LogP contribution in [0.1, 0.15) is 93.4 Å². The van der Waals surface area contributed by atoms with E-state index in [2.05, 4.69) is 39.2 Å². The molecule has 2 radical (unpaired) electrons. The third kappa shape index (κ3) is 17.2. The van der Waals surface area contributed by atoms with Crippen molar-refractivity contribution in [2.24, 2.45) is 0 Å². The maximum absolute atomic E-state index is 9.68. The summed E-state index contributed by atoms with van der Waals surface area (Å²) in [6.07, 6.45) is 11.3. The Morgan fingerprint density at radius 2 is 0.969 bits per heavy atom. The first-order valence-corrected chi connectivity index (χ1v) is 31.6. The van der Waals surface area contributed by atoms with Crippen LogP contribution in [0.4, 0.5) is 28.6 Å². The number of rotatable bonds is 16. The average molecular weight is 1290 g/mol. The molecule has 6 aliphatic rings. The van der Waals surface area contributed by atoms with E-state index in [4.69, 9.17) is 81.3 Å². The van der Waals surface area contributed by atoms with Crippen molar-refractivity contribution in [2.45, 2.75) is 117 Å². The number of aliphatic hydroxyl groups excluding tert-OH is 1. The molecular weight excluding hydrogens is 1220 g/mol. The van der Waals surface area contributed by atoms with Gasteiger partial charge in [-0.1, -0.05) is 36.6 Å². The van der Waals surface area contributed by atoms with Gasteiger partial charge in [0.05, 0.1) is 71.5 Å². The van der Waals surface area contributed by atoms with E-state index in [-0.39, 0.29) is 31.2 Å². The van der Waals surface area contributed by atoms with Gasteiger partial charge in [0.2, 0.25) is 52.1 Å². The van der Waals surface area contributed by atoms with Crippen LogP contribution >= 0.6 is 0 Å². The Balaban J connectivity index is 0.000000139. The third-order valence-electron chi connectivity index (χ3n) is 16.5. The molecule has 8 aromatic rings. The normalized spacial score (nSPS) is 14.8. The number of hydrogen-bond acceptors (Lipinski definition) is 17. The highest BCUT2D eigenvalue weighted by Gasteiger charge is 2.30. The largest absolute Gasteiger partial charge is 0.501 e. The monoisotopic (exact) mass is 1290 g/mol. The van der Waals surface area contributed by atoms with E-state index < -0.39 is 14.2 Å². The van der Waals surface area contributed by atoms with Gasteiger partial charge in [0.15, 0.2) is 0 Å². The van der Waals surface area contributed by atoms with Crippen LogP contribution in [0, 0.1) is 26.3 Å². The van der Waals surface area contributed by atoms with Gasteiger partial charge in [-0.3, -0.25) is 0 Å². The highest BCUT2D eigenvalue weighted by Crippen LogP contribution is 2.39. The number of benzene rings is 5. The number of ether oxygens (including phenoxy) is 7. The highest BCUT2D eigenvalue weighted by molar-refractivity contribution is 6.67. The lowest BCUT2D eigenvalue weighted by Crippen LogP contribution is -2.27. The lowest BCUT2D eigenvalue weighted by molar-refractivity contribution is 0.201. The number of hydrogen-bond donors (Lipinski definition) is 3. The second-order valence-corrected chi connectivity index (χ2v) is 23.0. The van der Waals surface area contributed by atoms with E-state index in [9.17, 15) is 15.2 Å². The van der Waals surface area contributed by atoms with Crippen molar-refractivity contribution in [3.8, 4) is 63.9 Å². The molecule has 4 aliphatic heterocycles. The second-order valence-electron chi connectivity index (χ2n) is 23.0. The van der Waals surface area contributed by atoms with Gasteiger partial charge in [-0.05, 0) is 207 Å². The Morgan fingerprint density at radius 3 is 1.53 bits per heavy atom. The Bertz CT molecular complexity index is 4080. The fraction of sp³-hybridized carbons (Fsp3) is 0.300. The molecule has 0 atom stereocenters. The van der Waals surface area contributed by atoms with Crippen LogP contribution in [-0.2, 0) is 40.4 Å². The molecule has 0 bridgehead atoms. The van der Waals surface area contributed by atoms with Gasteiger partial charge < -0.3 is 72.7 Å². The van der Waals surface area contributed by atoms with Crippen LogP contribution in [0.5, 0.6) is 63.9 Å². The second kappa shape index (κ2) is 32.8. The smallest absolute Gasteiger partial charge is 0.491 e. The van der Waals surface area contributed by atoms with Crippen molar-refractivity contribution >= 4 is 79.4 Å². The molecule has 5 N–H and O–H groups in total. The standard InChI is InChI=1S/C19H18BNO4.C18H17BN2O4.C17H16BN3O2.C16H15BN2O3.H2O/c1-21-18-9-7-16(11-19(18)25-14-4-2-3-5-14)24-15-6-8-17-13(10-15)12-23-20(17)22;1-20-16-8-9-17(21-18(16)25-13-4-2-3-5-13)24-14-6-7-15-12(10-14)11-23-19(15)22;1-19-15-6-7-16(20-17(15)21-8-2-3-9-21)23-13-4-5-14(18)12(10-13)11-22;1-4-20-16-14(18-3)7-8-15(19-16)22-12-5-6-13-11(9-12)10-21-17(13)2;/h6-11,14,22H,2-5,12H2;6-10,13,22H,2-5,11H2;4-7,10,22H,2-3,8-9,11H2;5-9H,4,10H2,1-2H3;1H2. The van der Waals surface area contributed by atoms with Crippen LogP contribution < -0.4 is 59.9 Å². The number of aromatic nitrogens is 3. The molecule has 0 unspecified atom stereocenters. The van der Waals surface area contributed by atoms with Crippen molar-refractivity contribution in [2.75, 3.05) is 24.6 Å². The van der Waals surface area contributed by atoms with E-state index in [1.54, 1.807) is 91.0 Å². The maximum atomic E-state index is 9.68. The third-order valence-corrected chi connectivity index (χ3v) is 16.5. The molecule has 1 saturated heterocycles. The number of fused-ring (bicyclic) bond motifs is 3. The number of nitrogens with zero attached hydrogens (tertiary/aromatic N) is 8. The Morgan fingerprint density at radius 1 is 0.521 bits per heavy atom. The summed E-state index contributed by atoms with van der Waals surface area (Å²) in [6.45, 7) is 36.5. The maximum Gasteiger partial charge on any atom is 0.491 e. The van der Waals surface area contributed by atoms with E-state index in [0.29, 0.717) is 130 Å². The van der Waals surface area contributed by atoms with Gasteiger partial charge in [-0.2, -0.15) is 9.97 Å². The fourth-order valence-corrected chi connectivity index (χ4v) is 11.6. The summed E-state index contributed by atoms with van der Waals surface area (Å²) in [7, 11) is 4.04. The molecule has 484 valence electrons. The first-order valence-electron chi connectivity index (χ1n) is 31.6. The molecule has 96 heavy (non-hydrogen) atoms. The molecule has 22 nitrogen and oxygen atoms in total. The van der Waals surface area contributed by atoms with Crippen molar-refractivity contribution in [1.29, 1.82) is 0 Å². The summed E-state index contributed by atoms with van der Waals surface area (Å²) in [5.41, 5.74) is 8.62. The molecule has 2 aliphatic carbocycles. The predicted octanol–water partition coefficient (Wildman–Crippen LogP) is 11.2. The van der Waals surface area contributed by atoms with Crippen LogP contribution in [0.2, 0.25) is 6.82 Å². The molecular formula is C70H68B4N8O14. The first-order chi connectivity index (χ1) is 46.4. The van der Waals surface area contributed by atoms with Crippen molar-refractivity contribution in [1.82, 2.24) is 15.0 Å². The topological polar surface area (TPSA) is 244 Å². The summed E-state index contributed by atoms with van der Waals surface area (Å²) in [5.74, 6) is 6.24. The van der Waals surface area contributed by atoms with Crippen molar-refractivity contribution < 1.29 is 67.8 Å².